The van der Waals surface area contributed by atoms with Crippen molar-refractivity contribution >= 4 is 16.1 Å². The smallest absolute Gasteiger partial charge is 0.281 e. The van der Waals surface area contributed by atoms with Gasteiger partial charge in [0.05, 0.1) is 5.69 Å². The highest BCUT2D eigenvalue weighted by Gasteiger charge is 2.31. The second kappa shape index (κ2) is 7.20. The third-order valence-corrected chi connectivity index (χ3v) is 6.16. The van der Waals surface area contributed by atoms with Gasteiger partial charge in [-0.2, -0.15) is 22.1 Å². The molecular formula is C15H27N5O3S. The molecule has 9 heteroatoms. The number of amides is 1. The Labute approximate surface area is 144 Å². The van der Waals surface area contributed by atoms with Crippen molar-refractivity contribution in [3.05, 3.63) is 17.5 Å². The molecule has 1 aromatic heterocycles. The number of nitrogens with zero attached hydrogens (tertiary/aromatic N) is 5. The molecule has 0 atom stereocenters. The summed E-state index contributed by atoms with van der Waals surface area (Å²) < 4.78 is 28.6. The van der Waals surface area contributed by atoms with Gasteiger partial charge in [-0.15, -0.1) is 0 Å². The second-order valence-electron chi connectivity index (χ2n) is 6.41. The molecule has 136 valence electrons. The highest BCUT2D eigenvalue weighted by molar-refractivity contribution is 7.86. The summed E-state index contributed by atoms with van der Waals surface area (Å²) >= 11 is 0. The van der Waals surface area contributed by atoms with E-state index in [2.05, 4.69) is 5.10 Å². The fourth-order valence-corrected chi connectivity index (χ4v) is 3.73. The zero-order valence-corrected chi connectivity index (χ0v) is 15.9. The van der Waals surface area contributed by atoms with Gasteiger partial charge in [0.15, 0.2) is 0 Å². The molecule has 1 aliphatic rings. The molecule has 1 aromatic rings. The van der Waals surface area contributed by atoms with Gasteiger partial charge in [-0.05, 0) is 18.9 Å². The maximum atomic E-state index is 12.8. The quantitative estimate of drug-likeness (QED) is 0.773. The van der Waals surface area contributed by atoms with Crippen LogP contribution in [0.3, 0.4) is 0 Å². The van der Waals surface area contributed by atoms with Crippen LogP contribution >= 0.6 is 0 Å². The molecule has 0 N–H and O–H groups in total. The molecule has 1 aliphatic heterocycles. The van der Waals surface area contributed by atoms with Crippen LogP contribution in [0, 0.1) is 0 Å². The highest BCUT2D eigenvalue weighted by Crippen LogP contribution is 2.18. The van der Waals surface area contributed by atoms with Gasteiger partial charge in [-0.1, -0.05) is 13.8 Å². The first-order valence-electron chi connectivity index (χ1n) is 8.23. The van der Waals surface area contributed by atoms with Crippen molar-refractivity contribution < 1.29 is 13.2 Å². The molecule has 0 aliphatic carbocycles. The summed E-state index contributed by atoms with van der Waals surface area (Å²) in [5.74, 6) is 0.171. The maximum Gasteiger partial charge on any atom is 0.281 e. The molecule has 2 rings (SSSR count). The van der Waals surface area contributed by atoms with E-state index in [1.165, 1.54) is 22.7 Å². The van der Waals surface area contributed by atoms with Crippen molar-refractivity contribution in [2.45, 2.75) is 33.2 Å². The van der Waals surface area contributed by atoms with Gasteiger partial charge < -0.3 is 4.90 Å². The van der Waals surface area contributed by atoms with E-state index in [0.717, 1.165) is 5.69 Å². The van der Waals surface area contributed by atoms with E-state index in [-0.39, 0.29) is 11.8 Å². The summed E-state index contributed by atoms with van der Waals surface area (Å²) in [5.41, 5.74) is 1.47. The summed E-state index contributed by atoms with van der Waals surface area (Å²) in [7, 11) is -0.395. The summed E-state index contributed by atoms with van der Waals surface area (Å²) in [6, 6.07) is 1.85. The number of hydrogen-bond acceptors (Lipinski definition) is 4. The van der Waals surface area contributed by atoms with E-state index in [4.69, 9.17) is 0 Å². The SMILES string of the molecule is CCn1nc(C(C)C)cc1C(=O)N1CCN(S(=O)(=O)N(C)C)CC1. The lowest BCUT2D eigenvalue weighted by molar-refractivity contribution is 0.0682. The minimum atomic E-state index is -3.42. The fourth-order valence-electron chi connectivity index (χ4n) is 2.65. The summed E-state index contributed by atoms with van der Waals surface area (Å²) in [6.07, 6.45) is 0. The maximum absolute atomic E-state index is 12.8. The molecule has 1 fully saturated rings. The zero-order chi connectivity index (χ0) is 18.1. The summed E-state index contributed by atoms with van der Waals surface area (Å²) in [5, 5.41) is 4.48. The van der Waals surface area contributed by atoms with Gasteiger partial charge in [0, 0.05) is 46.8 Å². The van der Waals surface area contributed by atoms with Crippen LogP contribution in [-0.4, -0.2) is 77.9 Å². The summed E-state index contributed by atoms with van der Waals surface area (Å²) in [4.78, 5) is 14.5. The van der Waals surface area contributed by atoms with Crippen molar-refractivity contribution in [1.29, 1.82) is 0 Å². The Morgan fingerprint density at radius 3 is 2.29 bits per heavy atom. The lowest BCUT2D eigenvalue weighted by atomic mass is 10.1. The zero-order valence-electron chi connectivity index (χ0n) is 15.1. The number of hydrogen-bond donors (Lipinski definition) is 0. The molecule has 0 radical (unpaired) electrons. The molecule has 8 nitrogen and oxygen atoms in total. The van der Waals surface area contributed by atoms with Gasteiger partial charge in [0.1, 0.15) is 5.69 Å². The van der Waals surface area contributed by atoms with Crippen LogP contribution in [0.1, 0.15) is 42.9 Å². The van der Waals surface area contributed by atoms with E-state index in [9.17, 15) is 13.2 Å². The van der Waals surface area contributed by atoms with Crippen molar-refractivity contribution in [3.63, 3.8) is 0 Å². The summed E-state index contributed by atoms with van der Waals surface area (Å²) in [6.45, 7) is 8.06. The van der Waals surface area contributed by atoms with Gasteiger partial charge in [0.2, 0.25) is 0 Å². The predicted molar refractivity (Wildman–Crippen MR) is 92.1 cm³/mol. The van der Waals surface area contributed by atoms with Gasteiger partial charge in [-0.25, -0.2) is 0 Å². The lowest BCUT2D eigenvalue weighted by Crippen LogP contribution is -2.53. The molecule has 1 amide bonds. The van der Waals surface area contributed by atoms with Crippen molar-refractivity contribution in [1.82, 2.24) is 23.3 Å². The topological polar surface area (TPSA) is 78.8 Å². The number of carbonyl (C=O) groups excluding carboxylic acids is 1. The van der Waals surface area contributed by atoms with E-state index in [0.29, 0.717) is 38.4 Å². The first kappa shape index (κ1) is 18.9. The Bertz CT molecular complexity index is 688. The normalized spacial score (nSPS) is 17.0. The van der Waals surface area contributed by atoms with Crippen molar-refractivity contribution in [2.24, 2.45) is 0 Å². The number of aryl methyl sites for hydroxylation is 1. The first-order valence-corrected chi connectivity index (χ1v) is 9.62. The minimum Gasteiger partial charge on any atom is -0.335 e. The standard InChI is InChI=1S/C15H27N5O3S/c1-6-20-14(11-13(16-20)12(2)3)15(21)18-7-9-19(10-8-18)24(22,23)17(4)5/h11-12H,6-10H2,1-5H3. The Kier molecular flexibility index (Phi) is 5.67. The molecule has 0 bridgehead atoms. The first-order chi connectivity index (χ1) is 11.2. The van der Waals surface area contributed by atoms with Crippen LogP contribution in [0.5, 0.6) is 0 Å². The number of rotatable bonds is 5. The average molecular weight is 357 g/mol. The molecule has 1 saturated heterocycles. The average Bonchev–Trinajstić information content (AvgIpc) is 2.98. The van der Waals surface area contributed by atoms with E-state index in [1.807, 2.05) is 26.8 Å². The second-order valence-corrected chi connectivity index (χ2v) is 8.55. The highest BCUT2D eigenvalue weighted by atomic mass is 32.2. The van der Waals surface area contributed by atoms with E-state index < -0.39 is 10.2 Å². The number of carbonyl (C=O) groups is 1. The van der Waals surface area contributed by atoms with Crippen LogP contribution in [0.25, 0.3) is 0 Å². The third-order valence-electron chi connectivity index (χ3n) is 4.22. The van der Waals surface area contributed by atoms with Crippen LogP contribution in [0.15, 0.2) is 6.07 Å². The van der Waals surface area contributed by atoms with E-state index in [1.54, 1.807) is 9.58 Å². The Hall–Kier alpha value is -1.45. The van der Waals surface area contributed by atoms with Gasteiger partial charge in [-0.3, -0.25) is 9.48 Å². The number of piperazine rings is 1. The number of aromatic nitrogens is 2. The monoisotopic (exact) mass is 357 g/mol. The molecule has 2 heterocycles. The molecule has 0 aromatic carbocycles. The fraction of sp³-hybridized carbons (Fsp3) is 0.733. The largest absolute Gasteiger partial charge is 0.335 e. The third kappa shape index (κ3) is 3.62. The van der Waals surface area contributed by atoms with Crippen molar-refractivity contribution in [3.8, 4) is 0 Å². The minimum absolute atomic E-state index is 0.0850. The lowest BCUT2D eigenvalue weighted by Gasteiger charge is -2.35. The van der Waals surface area contributed by atoms with Crippen LogP contribution in [-0.2, 0) is 16.8 Å². The predicted octanol–water partition coefficient (Wildman–Crippen LogP) is 0.591. The molecule has 24 heavy (non-hydrogen) atoms. The Morgan fingerprint density at radius 2 is 1.83 bits per heavy atom. The molecule has 0 saturated carbocycles. The van der Waals surface area contributed by atoms with Gasteiger partial charge >= 0.3 is 0 Å². The Balaban J connectivity index is 2.11. The Morgan fingerprint density at radius 1 is 1.25 bits per heavy atom. The molecule has 0 spiro atoms. The molecular weight excluding hydrogens is 330 g/mol. The van der Waals surface area contributed by atoms with Crippen LogP contribution in [0.4, 0.5) is 0 Å². The van der Waals surface area contributed by atoms with Crippen LogP contribution < -0.4 is 0 Å². The molecule has 0 unspecified atom stereocenters. The van der Waals surface area contributed by atoms with Crippen LogP contribution in [0.2, 0.25) is 0 Å². The van der Waals surface area contributed by atoms with Crippen molar-refractivity contribution in [2.75, 3.05) is 40.3 Å². The van der Waals surface area contributed by atoms with E-state index >= 15 is 0 Å². The van der Waals surface area contributed by atoms with Gasteiger partial charge in [0.25, 0.3) is 16.1 Å².